The number of fused-ring (bicyclic) bond motifs is 1. The van der Waals surface area contributed by atoms with Gasteiger partial charge < -0.3 is 4.74 Å². The van der Waals surface area contributed by atoms with Crippen LogP contribution >= 0.6 is 11.3 Å². The fourth-order valence-corrected chi connectivity index (χ4v) is 2.80. The molecule has 20 heavy (non-hydrogen) atoms. The van der Waals surface area contributed by atoms with Gasteiger partial charge in [0.1, 0.15) is 5.75 Å². The molecule has 0 aliphatic carbocycles. The zero-order valence-electron chi connectivity index (χ0n) is 11.2. The summed E-state index contributed by atoms with van der Waals surface area (Å²) in [6.45, 7) is 1.97. The van der Waals surface area contributed by atoms with Crippen molar-refractivity contribution in [3.63, 3.8) is 0 Å². The van der Waals surface area contributed by atoms with Crippen LogP contribution in [0.1, 0.15) is 18.3 Å². The van der Waals surface area contributed by atoms with Crippen LogP contribution in [0.15, 0.2) is 29.1 Å². The summed E-state index contributed by atoms with van der Waals surface area (Å²) in [6, 6.07) is 7.54. The van der Waals surface area contributed by atoms with E-state index in [9.17, 15) is 4.79 Å². The van der Waals surface area contributed by atoms with Gasteiger partial charge >= 0.3 is 0 Å². The van der Waals surface area contributed by atoms with E-state index in [1.807, 2.05) is 37.3 Å². The molecule has 0 aliphatic heterocycles. The summed E-state index contributed by atoms with van der Waals surface area (Å²) in [5.74, 6) is 1.49. The van der Waals surface area contributed by atoms with E-state index in [1.165, 1.54) is 15.9 Å². The van der Waals surface area contributed by atoms with Gasteiger partial charge in [0.05, 0.1) is 11.6 Å². The molecule has 102 valence electrons. The molecule has 0 atom stereocenters. The Kier molecular flexibility index (Phi) is 3.23. The van der Waals surface area contributed by atoms with E-state index in [1.54, 1.807) is 7.11 Å². The van der Waals surface area contributed by atoms with Crippen LogP contribution in [-0.4, -0.2) is 21.7 Å². The second-order valence-corrected chi connectivity index (χ2v) is 5.27. The second-order valence-electron chi connectivity index (χ2n) is 4.26. The summed E-state index contributed by atoms with van der Waals surface area (Å²) in [5.41, 5.74) is 0.830. The molecule has 0 bridgehead atoms. The summed E-state index contributed by atoms with van der Waals surface area (Å²) in [5, 5.41) is 4.18. The Morgan fingerprint density at radius 2 is 2.10 bits per heavy atom. The lowest BCUT2D eigenvalue weighted by Gasteiger charge is -1.98. The molecule has 0 fully saturated rings. The quantitative estimate of drug-likeness (QED) is 0.728. The van der Waals surface area contributed by atoms with Gasteiger partial charge in [0.25, 0.3) is 5.56 Å². The third-order valence-corrected chi connectivity index (χ3v) is 3.91. The summed E-state index contributed by atoms with van der Waals surface area (Å²) < 4.78 is 7.11. The van der Waals surface area contributed by atoms with Crippen molar-refractivity contribution in [2.75, 3.05) is 7.11 Å². The number of nitrogens with zero attached hydrogens (tertiary/aromatic N) is 3. The maximum atomic E-state index is 12.2. The summed E-state index contributed by atoms with van der Waals surface area (Å²) in [7, 11) is 1.62. The molecule has 0 spiro atoms. The molecule has 2 heterocycles. The van der Waals surface area contributed by atoms with Gasteiger partial charge in [-0.1, -0.05) is 30.4 Å². The van der Waals surface area contributed by atoms with Crippen molar-refractivity contribution < 1.29 is 4.74 Å². The molecule has 3 aromatic rings. The minimum Gasteiger partial charge on any atom is -0.497 e. The van der Waals surface area contributed by atoms with Crippen molar-refractivity contribution in [2.24, 2.45) is 0 Å². The fraction of sp³-hybridized carbons (Fsp3) is 0.214. The van der Waals surface area contributed by atoms with Crippen LogP contribution in [0.3, 0.4) is 0 Å². The number of rotatable bonds is 3. The maximum Gasteiger partial charge on any atom is 0.291 e. The van der Waals surface area contributed by atoms with Gasteiger partial charge in [-0.2, -0.15) is 4.52 Å². The minimum atomic E-state index is -0.118. The van der Waals surface area contributed by atoms with Crippen LogP contribution in [0, 0.1) is 0 Å². The number of aryl methyl sites for hydroxylation is 1. The number of hydrogen-bond acceptors (Lipinski definition) is 5. The van der Waals surface area contributed by atoms with Crippen molar-refractivity contribution in [3.05, 3.63) is 50.5 Å². The predicted octanol–water partition coefficient (Wildman–Crippen LogP) is 1.27. The van der Waals surface area contributed by atoms with Gasteiger partial charge in [-0.25, -0.2) is 4.98 Å². The highest BCUT2D eigenvalue weighted by molar-refractivity contribution is 7.15. The second kappa shape index (κ2) is 5.05. The van der Waals surface area contributed by atoms with Crippen LogP contribution in [0.2, 0.25) is 0 Å². The van der Waals surface area contributed by atoms with Gasteiger partial charge in [0.15, 0.2) is 5.82 Å². The molecular formula is C14H13N3O2S. The van der Waals surface area contributed by atoms with Crippen molar-refractivity contribution in [1.29, 1.82) is 0 Å². The molecule has 0 unspecified atom stereocenters. The number of aromatic nitrogens is 3. The highest BCUT2D eigenvalue weighted by atomic mass is 32.1. The lowest BCUT2D eigenvalue weighted by Crippen LogP contribution is -2.23. The lowest BCUT2D eigenvalue weighted by atomic mass is 10.2. The van der Waals surface area contributed by atoms with Crippen LogP contribution in [0.4, 0.5) is 0 Å². The topological polar surface area (TPSA) is 56.5 Å². The SMILES string of the molecule is CCc1nc2s/c(=C\c3ccc(OC)cc3)c(=O)n2n1. The molecule has 1 aromatic carbocycles. The molecule has 0 amide bonds. The molecule has 0 aliphatic rings. The van der Waals surface area contributed by atoms with E-state index in [2.05, 4.69) is 10.1 Å². The van der Waals surface area contributed by atoms with Crippen LogP contribution in [0.25, 0.3) is 11.0 Å². The highest BCUT2D eigenvalue weighted by Gasteiger charge is 2.08. The highest BCUT2D eigenvalue weighted by Crippen LogP contribution is 2.11. The Hall–Kier alpha value is -2.21. The largest absolute Gasteiger partial charge is 0.497 e. The van der Waals surface area contributed by atoms with Gasteiger partial charge in [-0.3, -0.25) is 4.79 Å². The average Bonchev–Trinajstić information content (AvgIpc) is 3.00. The molecule has 0 N–H and O–H groups in total. The Balaban J connectivity index is 2.08. The number of ether oxygens (including phenoxy) is 1. The van der Waals surface area contributed by atoms with Crippen LogP contribution in [-0.2, 0) is 6.42 Å². The standard InChI is InChI=1S/C14H13N3O2S/c1-3-12-15-14-17(16-12)13(18)11(20-14)8-9-4-6-10(19-2)7-5-9/h4-8H,3H2,1-2H3/b11-8-. The smallest absolute Gasteiger partial charge is 0.291 e. The fourth-order valence-electron chi connectivity index (χ4n) is 1.88. The van der Waals surface area contributed by atoms with Crippen molar-refractivity contribution in [2.45, 2.75) is 13.3 Å². The Morgan fingerprint density at radius 1 is 1.35 bits per heavy atom. The predicted molar refractivity (Wildman–Crippen MR) is 78.3 cm³/mol. The zero-order valence-corrected chi connectivity index (χ0v) is 12.0. The molecule has 3 rings (SSSR count). The molecule has 6 heteroatoms. The Morgan fingerprint density at radius 3 is 2.70 bits per heavy atom. The lowest BCUT2D eigenvalue weighted by molar-refractivity contribution is 0.415. The number of thiazole rings is 1. The zero-order chi connectivity index (χ0) is 14.1. The van der Waals surface area contributed by atoms with Gasteiger partial charge in [0.2, 0.25) is 4.96 Å². The maximum absolute atomic E-state index is 12.2. The summed E-state index contributed by atoms with van der Waals surface area (Å²) in [6.07, 6.45) is 2.57. The Labute approximate surface area is 119 Å². The molecule has 5 nitrogen and oxygen atoms in total. The van der Waals surface area contributed by atoms with Crippen LogP contribution < -0.4 is 14.8 Å². The number of hydrogen-bond donors (Lipinski definition) is 0. The molecule has 0 saturated carbocycles. The van der Waals surface area contributed by atoms with E-state index < -0.39 is 0 Å². The monoisotopic (exact) mass is 287 g/mol. The normalized spacial score (nSPS) is 12.2. The number of methoxy groups -OCH3 is 1. The third-order valence-electron chi connectivity index (χ3n) is 2.96. The van der Waals surface area contributed by atoms with E-state index >= 15 is 0 Å². The third kappa shape index (κ3) is 2.18. The first-order chi connectivity index (χ1) is 9.71. The summed E-state index contributed by atoms with van der Waals surface area (Å²) in [4.78, 5) is 17.2. The van der Waals surface area contributed by atoms with Gasteiger partial charge in [-0.15, -0.1) is 5.10 Å². The molecular weight excluding hydrogens is 274 g/mol. The summed E-state index contributed by atoms with van der Waals surface area (Å²) >= 11 is 1.35. The Bertz CT molecular complexity index is 849. The van der Waals surface area contributed by atoms with Crippen LogP contribution in [0.5, 0.6) is 5.75 Å². The number of benzene rings is 1. The van der Waals surface area contributed by atoms with Crippen molar-refractivity contribution >= 4 is 22.4 Å². The van der Waals surface area contributed by atoms with Crippen molar-refractivity contribution in [3.8, 4) is 5.75 Å². The first kappa shape index (κ1) is 12.8. The van der Waals surface area contributed by atoms with E-state index in [-0.39, 0.29) is 5.56 Å². The molecule has 0 saturated heterocycles. The van der Waals surface area contributed by atoms with E-state index in [4.69, 9.17) is 4.74 Å². The molecule has 0 radical (unpaired) electrons. The minimum absolute atomic E-state index is 0.118. The van der Waals surface area contributed by atoms with Crippen molar-refractivity contribution in [1.82, 2.24) is 14.6 Å². The van der Waals surface area contributed by atoms with Gasteiger partial charge in [0, 0.05) is 6.42 Å². The van der Waals surface area contributed by atoms with E-state index in [0.29, 0.717) is 15.3 Å². The molecule has 2 aromatic heterocycles. The first-order valence-electron chi connectivity index (χ1n) is 6.25. The van der Waals surface area contributed by atoms with Gasteiger partial charge in [-0.05, 0) is 23.8 Å². The van der Waals surface area contributed by atoms with E-state index in [0.717, 1.165) is 17.7 Å². The first-order valence-corrected chi connectivity index (χ1v) is 7.07. The average molecular weight is 287 g/mol.